The van der Waals surface area contributed by atoms with Crippen molar-refractivity contribution in [1.29, 1.82) is 0 Å². The minimum atomic E-state index is -0.0756. The third kappa shape index (κ3) is 5.90. The molecule has 2 rings (SSSR count). The first-order valence-corrected chi connectivity index (χ1v) is 9.04. The van der Waals surface area contributed by atoms with E-state index < -0.39 is 0 Å². The first-order chi connectivity index (χ1) is 12.0. The molecule has 0 aromatic heterocycles. The highest BCUT2D eigenvalue weighted by Crippen LogP contribution is 2.22. The molecular formula is C18H26ClN3O3. The highest BCUT2D eigenvalue weighted by molar-refractivity contribution is 6.31. The van der Waals surface area contributed by atoms with Gasteiger partial charge in [-0.25, -0.2) is 0 Å². The van der Waals surface area contributed by atoms with Crippen molar-refractivity contribution < 1.29 is 14.3 Å². The molecule has 7 heteroatoms. The largest absolute Gasteiger partial charge is 0.484 e. The second-order valence-electron chi connectivity index (χ2n) is 6.28. The molecule has 0 aliphatic carbocycles. The second kappa shape index (κ2) is 9.63. The molecule has 0 bridgehead atoms. The fraction of sp³-hybridized carbons (Fsp3) is 0.556. The topological polar surface area (TPSA) is 84.7 Å². The summed E-state index contributed by atoms with van der Waals surface area (Å²) in [5.74, 6) is 0.485. The molecule has 1 atom stereocenters. The molecule has 0 spiro atoms. The zero-order valence-electron chi connectivity index (χ0n) is 14.6. The molecule has 1 aromatic rings. The molecule has 3 N–H and O–H groups in total. The van der Waals surface area contributed by atoms with Gasteiger partial charge in [0.25, 0.3) is 5.91 Å². The fourth-order valence-electron chi connectivity index (χ4n) is 2.93. The van der Waals surface area contributed by atoms with Gasteiger partial charge < -0.3 is 20.7 Å². The van der Waals surface area contributed by atoms with Crippen molar-refractivity contribution in [3.05, 3.63) is 28.8 Å². The number of carbonyl (C=O) groups excluding carboxylic acids is 2. The van der Waals surface area contributed by atoms with Crippen molar-refractivity contribution in [3.8, 4) is 5.75 Å². The van der Waals surface area contributed by atoms with Gasteiger partial charge in [0.15, 0.2) is 6.61 Å². The van der Waals surface area contributed by atoms with Gasteiger partial charge in [-0.05, 0) is 49.9 Å². The van der Waals surface area contributed by atoms with E-state index >= 15 is 0 Å². The van der Waals surface area contributed by atoms with Crippen LogP contribution >= 0.6 is 11.6 Å². The lowest BCUT2D eigenvalue weighted by atomic mass is 10.0. The van der Waals surface area contributed by atoms with E-state index in [4.69, 9.17) is 22.1 Å². The first-order valence-electron chi connectivity index (χ1n) is 8.66. The summed E-state index contributed by atoms with van der Waals surface area (Å²) in [6.45, 7) is 3.35. The van der Waals surface area contributed by atoms with Crippen LogP contribution in [0, 0.1) is 6.92 Å². The van der Waals surface area contributed by atoms with Crippen molar-refractivity contribution in [2.24, 2.45) is 5.73 Å². The number of benzene rings is 1. The number of nitrogens with one attached hydrogen (secondary N) is 1. The molecule has 25 heavy (non-hydrogen) atoms. The standard InChI is InChI=1S/C18H26ClN3O3/c1-13-10-15(5-6-16(13)19)25-12-18(24)22-9-3-2-4-14(22)11-21-17(23)7-8-20/h5-6,10,14H,2-4,7-9,11-12,20H2,1H3,(H,21,23). The Morgan fingerprint density at radius 2 is 2.20 bits per heavy atom. The summed E-state index contributed by atoms with van der Waals surface area (Å²) >= 11 is 5.99. The van der Waals surface area contributed by atoms with E-state index in [1.165, 1.54) is 0 Å². The van der Waals surface area contributed by atoms with Gasteiger partial charge in [-0.2, -0.15) is 0 Å². The van der Waals surface area contributed by atoms with Crippen molar-refractivity contribution in [3.63, 3.8) is 0 Å². The molecule has 1 heterocycles. The van der Waals surface area contributed by atoms with Crippen LogP contribution in [0.4, 0.5) is 0 Å². The lowest BCUT2D eigenvalue weighted by molar-refractivity contribution is -0.137. The Morgan fingerprint density at radius 1 is 1.40 bits per heavy atom. The van der Waals surface area contributed by atoms with Crippen molar-refractivity contribution in [2.75, 3.05) is 26.2 Å². The summed E-state index contributed by atoms with van der Waals surface area (Å²) in [6, 6.07) is 5.34. The monoisotopic (exact) mass is 367 g/mol. The Morgan fingerprint density at radius 3 is 2.92 bits per heavy atom. The Hall–Kier alpha value is -1.79. The summed E-state index contributed by atoms with van der Waals surface area (Å²) < 4.78 is 5.62. The molecule has 1 unspecified atom stereocenters. The summed E-state index contributed by atoms with van der Waals surface area (Å²) in [4.78, 5) is 26.0. The van der Waals surface area contributed by atoms with E-state index in [9.17, 15) is 9.59 Å². The van der Waals surface area contributed by atoms with Crippen LogP contribution < -0.4 is 15.8 Å². The third-order valence-corrected chi connectivity index (χ3v) is 4.77. The van der Waals surface area contributed by atoms with E-state index in [2.05, 4.69) is 5.32 Å². The zero-order valence-corrected chi connectivity index (χ0v) is 15.3. The Bertz CT molecular complexity index is 609. The van der Waals surface area contributed by atoms with E-state index in [0.29, 0.717) is 36.8 Å². The number of rotatable bonds is 7. The maximum absolute atomic E-state index is 12.5. The van der Waals surface area contributed by atoms with Gasteiger partial charge in [0.2, 0.25) is 5.91 Å². The van der Waals surface area contributed by atoms with E-state index in [-0.39, 0.29) is 24.5 Å². The third-order valence-electron chi connectivity index (χ3n) is 4.35. The minimum absolute atomic E-state index is 0.0125. The quantitative estimate of drug-likeness (QED) is 0.770. The van der Waals surface area contributed by atoms with Gasteiger partial charge >= 0.3 is 0 Å². The number of nitrogens with zero attached hydrogens (tertiary/aromatic N) is 1. The van der Waals surface area contributed by atoms with Crippen LogP contribution in [-0.2, 0) is 9.59 Å². The predicted molar refractivity (Wildman–Crippen MR) is 97.7 cm³/mol. The van der Waals surface area contributed by atoms with Crippen LogP contribution in [0.15, 0.2) is 18.2 Å². The molecule has 1 fully saturated rings. The normalized spacial score (nSPS) is 17.2. The molecule has 138 valence electrons. The number of aryl methyl sites for hydroxylation is 1. The number of carbonyl (C=O) groups is 2. The van der Waals surface area contributed by atoms with Gasteiger partial charge in [-0.1, -0.05) is 11.6 Å². The molecule has 0 radical (unpaired) electrons. The molecular weight excluding hydrogens is 342 g/mol. The van der Waals surface area contributed by atoms with E-state index in [1.807, 2.05) is 17.9 Å². The summed E-state index contributed by atoms with van der Waals surface area (Å²) in [7, 11) is 0. The molecule has 0 saturated carbocycles. The van der Waals surface area contributed by atoms with Crippen molar-refractivity contribution in [2.45, 2.75) is 38.6 Å². The number of nitrogens with two attached hydrogens (primary N) is 1. The Balaban J connectivity index is 1.88. The number of ether oxygens (including phenoxy) is 1. The molecule has 1 saturated heterocycles. The van der Waals surface area contributed by atoms with Crippen molar-refractivity contribution in [1.82, 2.24) is 10.2 Å². The number of likely N-dealkylation sites (tertiary alicyclic amines) is 1. The number of halogens is 1. The van der Waals surface area contributed by atoms with Crippen LogP contribution in [-0.4, -0.2) is 49.0 Å². The van der Waals surface area contributed by atoms with Crippen LogP contribution in [0.2, 0.25) is 5.02 Å². The van der Waals surface area contributed by atoms with Gasteiger partial charge in [0.1, 0.15) is 5.75 Å². The minimum Gasteiger partial charge on any atom is -0.484 e. The van der Waals surface area contributed by atoms with E-state index in [1.54, 1.807) is 12.1 Å². The average molecular weight is 368 g/mol. The summed E-state index contributed by atoms with van der Waals surface area (Å²) in [5.41, 5.74) is 6.29. The van der Waals surface area contributed by atoms with Gasteiger partial charge in [0.05, 0.1) is 0 Å². The summed E-state index contributed by atoms with van der Waals surface area (Å²) in [5, 5.41) is 3.53. The van der Waals surface area contributed by atoms with Crippen LogP contribution in [0.3, 0.4) is 0 Å². The smallest absolute Gasteiger partial charge is 0.260 e. The Kier molecular flexibility index (Phi) is 7.52. The first kappa shape index (κ1) is 19.5. The fourth-order valence-corrected chi connectivity index (χ4v) is 3.04. The van der Waals surface area contributed by atoms with Crippen LogP contribution in [0.25, 0.3) is 0 Å². The highest BCUT2D eigenvalue weighted by Gasteiger charge is 2.27. The number of hydrogen-bond donors (Lipinski definition) is 2. The SMILES string of the molecule is Cc1cc(OCC(=O)N2CCCCC2CNC(=O)CCN)ccc1Cl. The molecule has 1 aliphatic rings. The number of piperidine rings is 1. The van der Waals surface area contributed by atoms with Gasteiger partial charge in [0, 0.05) is 37.1 Å². The molecule has 2 amide bonds. The lowest BCUT2D eigenvalue weighted by Crippen LogP contribution is -2.50. The van der Waals surface area contributed by atoms with Crippen LogP contribution in [0.1, 0.15) is 31.2 Å². The second-order valence-corrected chi connectivity index (χ2v) is 6.69. The highest BCUT2D eigenvalue weighted by atomic mass is 35.5. The average Bonchev–Trinajstić information content (AvgIpc) is 2.61. The molecule has 1 aromatic carbocycles. The van der Waals surface area contributed by atoms with Gasteiger partial charge in [-0.3, -0.25) is 9.59 Å². The maximum atomic E-state index is 12.5. The molecule has 1 aliphatic heterocycles. The molecule has 6 nitrogen and oxygen atoms in total. The van der Waals surface area contributed by atoms with Gasteiger partial charge in [-0.15, -0.1) is 0 Å². The number of hydrogen-bond acceptors (Lipinski definition) is 4. The maximum Gasteiger partial charge on any atom is 0.260 e. The zero-order chi connectivity index (χ0) is 18.2. The Labute approximate surface area is 153 Å². The number of amides is 2. The van der Waals surface area contributed by atoms with Crippen LogP contribution in [0.5, 0.6) is 5.75 Å². The van der Waals surface area contributed by atoms with Crippen molar-refractivity contribution >= 4 is 23.4 Å². The van der Waals surface area contributed by atoms with E-state index in [0.717, 1.165) is 24.8 Å². The predicted octanol–water partition coefficient (Wildman–Crippen LogP) is 1.87. The lowest BCUT2D eigenvalue weighted by Gasteiger charge is -2.35. The summed E-state index contributed by atoms with van der Waals surface area (Å²) in [6.07, 6.45) is 3.21.